The summed E-state index contributed by atoms with van der Waals surface area (Å²) in [6.07, 6.45) is 2.07. The first kappa shape index (κ1) is 17.8. The van der Waals surface area contributed by atoms with E-state index in [-0.39, 0.29) is 5.76 Å². The van der Waals surface area contributed by atoms with Crippen LogP contribution in [-0.4, -0.2) is 24.3 Å². The molecule has 0 atom stereocenters. The monoisotopic (exact) mass is 404 g/mol. The van der Waals surface area contributed by atoms with E-state index in [0.29, 0.717) is 18.8 Å². The third-order valence-corrected chi connectivity index (χ3v) is 3.83. The molecule has 1 aromatic carbocycles. The van der Waals surface area contributed by atoms with Crippen molar-refractivity contribution in [2.24, 2.45) is 0 Å². The van der Waals surface area contributed by atoms with Gasteiger partial charge in [0.25, 0.3) is 0 Å². The van der Waals surface area contributed by atoms with Crippen molar-refractivity contribution >= 4 is 34.1 Å². The Morgan fingerprint density at radius 3 is 2.62 bits per heavy atom. The number of unbranched alkanes of at least 4 members (excludes halogenated alkanes) is 1. The van der Waals surface area contributed by atoms with Gasteiger partial charge in [0.1, 0.15) is 5.75 Å². The maximum atomic E-state index is 11.3. The van der Waals surface area contributed by atoms with Crippen molar-refractivity contribution in [2.75, 3.05) is 13.2 Å². The fraction of sp³-hybridized carbons (Fsp3) is 0.438. The van der Waals surface area contributed by atoms with E-state index in [4.69, 9.17) is 9.47 Å². The van der Waals surface area contributed by atoms with Gasteiger partial charge in [0.2, 0.25) is 5.76 Å². The summed E-state index contributed by atoms with van der Waals surface area (Å²) in [6, 6.07) is 5.67. The van der Waals surface area contributed by atoms with Crippen LogP contribution in [0.4, 0.5) is 0 Å². The van der Waals surface area contributed by atoms with Gasteiger partial charge in [0, 0.05) is 5.57 Å². The molecule has 0 saturated heterocycles. The van der Waals surface area contributed by atoms with Crippen LogP contribution in [0.1, 0.15) is 39.2 Å². The Kier molecular flexibility index (Phi) is 7.56. The molecule has 0 aromatic heterocycles. The molecule has 0 radical (unpaired) electrons. The normalized spacial score (nSPS) is 11.8. The predicted octanol–water partition coefficient (Wildman–Crippen LogP) is 4.32. The molecule has 5 heteroatoms. The summed E-state index contributed by atoms with van der Waals surface area (Å²) in [5.74, 6) is -0.290. The first-order valence-corrected chi connectivity index (χ1v) is 8.08. The molecule has 0 spiro atoms. The Morgan fingerprint density at radius 1 is 1.33 bits per heavy atom. The SMILES string of the molecule is CCCCOc1cc(C(C)=C(OCC)C(=O)O)ccc1I. The molecule has 1 aromatic rings. The highest BCUT2D eigenvalue weighted by Crippen LogP contribution is 2.28. The maximum absolute atomic E-state index is 11.3. The Bertz CT molecular complexity index is 523. The Labute approximate surface area is 139 Å². The molecule has 0 aliphatic rings. The average Bonchev–Trinajstić information content (AvgIpc) is 2.46. The number of halogens is 1. The van der Waals surface area contributed by atoms with Gasteiger partial charge < -0.3 is 14.6 Å². The number of carboxylic acid groups (broad SMARTS) is 1. The number of carboxylic acids is 1. The van der Waals surface area contributed by atoms with Gasteiger partial charge in [-0.15, -0.1) is 0 Å². The number of carbonyl (C=O) groups is 1. The minimum atomic E-state index is -1.05. The fourth-order valence-electron chi connectivity index (χ4n) is 1.78. The average molecular weight is 404 g/mol. The van der Waals surface area contributed by atoms with Crippen molar-refractivity contribution in [2.45, 2.75) is 33.6 Å². The van der Waals surface area contributed by atoms with Crippen molar-refractivity contribution in [3.05, 3.63) is 33.1 Å². The molecule has 0 aliphatic heterocycles. The molecule has 116 valence electrons. The first-order chi connectivity index (χ1) is 10.0. The summed E-state index contributed by atoms with van der Waals surface area (Å²) in [7, 11) is 0. The maximum Gasteiger partial charge on any atom is 0.371 e. The van der Waals surface area contributed by atoms with E-state index in [1.807, 2.05) is 18.2 Å². The summed E-state index contributed by atoms with van der Waals surface area (Å²) in [4.78, 5) is 11.3. The molecule has 0 bridgehead atoms. The lowest BCUT2D eigenvalue weighted by Gasteiger charge is -2.12. The van der Waals surface area contributed by atoms with Crippen molar-refractivity contribution in [1.29, 1.82) is 0 Å². The standard InChI is InChI=1S/C16H21IO4/c1-4-6-9-21-14-10-12(7-8-13(14)17)11(3)15(16(18)19)20-5-2/h7-8,10H,4-6,9H2,1-3H3,(H,18,19). The van der Waals surface area contributed by atoms with Gasteiger partial charge in [0.15, 0.2) is 0 Å². The molecule has 0 unspecified atom stereocenters. The number of aliphatic carboxylic acids is 1. The minimum absolute atomic E-state index is 0.0155. The number of hydrogen-bond donors (Lipinski definition) is 1. The first-order valence-electron chi connectivity index (χ1n) is 7.00. The summed E-state index contributed by atoms with van der Waals surface area (Å²) in [5, 5.41) is 9.22. The highest BCUT2D eigenvalue weighted by molar-refractivity contribution is 14.1. The number of hydrogen-bond acceptors (Lipinski definition) is 3. The number of rotatable bonds is 8. The van der Waals surface area contributed by atoms with E-state index in [0.717, 1.165) is 27.7 Å². The van der Waals surface area contributed by atoms with E-state index in [2.05, 4.69) is 29.5 Å². The topological polar surface area (TPSA) is 55.8 Å². The molecule has 1 N–H and O–H groups in total. The number of allylic oxidation sites excluding steroid dienone is 1. The third kappa shape index (κ3) is 5.22. The Balaban J connectivity index is 3.09. The summed E-state index contributed by atoms with van der Waals surface area (Å²) in [6.45, 7) is 6.61. The predicted molar refractivity (Wildman–Crippen MR) is 91.4 cm³/mol. The van der Waals surface area contributed by atoms with Crippen LogP contribution in [0.3, 0.4) is 0 Å². The van der Waals surface area contributed by atoms with Gasteiger partial charge in [-0.2, -0.15) is 0 Å². The molecule has 0 fully saturated rings. The van der Waals surface area contributed by atoms with E-state index >= 15 is 0 Å². The molecule has 1 rings (SSSR count). The smallest absolute Gasteiger partial charge is 0.371 e. The zero-order valence-electron chi connectivity index (χ0n) is 12.6. The molecule has 21 heavy (non-hydrogen) atoms. The van der Waals surface area contributed by atoms with E-state index in [1.54, 1.807) is 13.8 Å². The van der Waals surface area contributed by atoms with Crippen LogP contribution in [0.5, 0.6) is 5.75 Å². The lowest BCUT2D eigenvalue weighted by Crippen LogP contribution is -2.07. The van der Waals surface area contributed by atoms with Crippen molar-refractivity contribution in [3.63, 3.8) is 0 Å². The molecule has 0 saturated carbocycles. The van der Waals surface area contributed by atoms with Crippen LogP contribution < -0.4 is 4.74 Å². The quantitative estimate of drug-likeness (QED) is 0.304. The number of ether oxygens (including phenoxy) is 2. The zero-order chi connectivity index (χ0) is 15.8. The van der Waals surface area contributed by atoms with Crippen LogP contribution >= 0.6 is 22.6 Å². The summed E-state index contributed by atoms with van der Waals surface area (Å²) in [5.41, 5.74) is 1.40. The van der Waals surface area contributed by atoms with Crippen LogP contribution in [0.2, 0.25) is 0 Å². The Morgan fingerprint density at radius 2 is 2.05 bits per heavy atom. The molecule has 0 amide bonds. The molecule has 0 aliphatic carbocycles. The largest absolute Gasteiger partial charge is 0.492 e. The van der Waals surface area contributed by atoms with Crippen molar-refractivity contribution < 1.29 is 19.4 Å². The van der Waals surface area contributed by atoms with Gasteiger partial charge in [-0.1, -0.05) is 19.4 Å². The van der Waals surface area contributed by atoms with Crippen LogP contribution in [0, 0.1) is 3.57 Å². The molecular formula is C16H21IO4. The second-order valence-corrected chi connectivity index (χ2v) is 5.70. The zero-order valence-corrected chi connectivity index (χ0v) is 14.8. The fourth-order valence-corrected chi connectivity index (χ4v) is 2.27. The molecular weight excluding hydrogens is 383 g/mol. The Hall–Kier alpha value is -1.24. The second kappa shape index (κ2) is 8.92. The number of benzene rings is 1. The van der Waals surface area contributed by atoms with Crippen molar-refractivity contribution in [3.8, 4) is 5.75 Å². The third-order valence-electron chi connectivity index (χ3n) is 2.94. The van der Waals surface area contributed by atoms with Crippen molar-refractivity contribution in [1.82, 2.24) is 0 Å². The van der Waals surface area contributed by atoms with E-state index < -0.39 is 5.97 Å². The van der Waals surface area contributed by atoms with Gasteiger partial charge in [0.05, 0.1) is 16.8 Å². The lowest BCUT2D eigenvalue weighted by molar-refractivity contribution is -0.136. The van der Waals surface area contributed by atoms with Gasteiger partial charge >= 0.3 is 5.97 Å². The molecule has 4 nitrogen and oxygen atoms in total. The van der Waals surface area contributed by atoms with Crippen LogP contribution in [0.15, 0.2) is 24.0 Å². The lowest BCUT2D eigenvalue weighted by atomic mass is 10.1. The van der Waals surface area contributed by atoms with Gasteiger partial charge in [-0.25, -0.2) is 4.79 Å². The summed E-state index contributed by atoms with van der Waals surface area (Å²) < 4.78 is 12.0. The van der Waals surface area contributed by atoms with E-state index in [1.165, 1.54) is 0 Å². The van der Waals surface area contributed by atoms with E-state index in [9.17, 15) is 9.90 Å². The van der Waals surface area contributed by atoms with Gasteiger partial charge in [-0.3, -0.25) is 0 Å². The highest BCUT2D eigenvalue weighted by Gasteiger charge is 2.15. The molecule has 0 heterocycles. The van der Waals surface area contributed by atoms with Crippen LogP contribution in [0.25, 0.3) is 5.57 Å². The van der Waals surface area contributed by atoms with Gasteiger partial charge in [-0.05, 0) is 60.6 Å². The second-order valence-electron chi connectivity index (χ2n) is 4.54. The summed E-state index contributed by atoms with van der Waals surface area (Å²) >= 11 is 2.21. The van der Waals surface area contributed by atoms with Crippen LogP contribution in [-0.2, 0) is 9.53 Å². The highest BCUT2D eigenvalue weighted by atomic mass is 127. The minimum Gasteiger partial charge on any atom is -0.492 e.